The normalized spacial score (nSPS) is 12.0. The van der Waals surface area contributed by atoms with Crippen LogP contribution in [0.25, 0.3) is 0 Å². The summed E-state index contributed by atoms with van der Waals surface area (Å²) in [5.41, 5.74) is 6.01. The molecule has 0 radical (unpaired) electrons. The van der Waals surface area contributed by atoms with E-state index in [9.17, 15) is 9.18 Å². The summed E-state index contributed by atoms with van der Waals surface area (Å²) in [7, 11) is 1.55. The first kappa shape index (κ1) is 15.4. The standard InChI is InChI=1S/C13H19FN2O3/c1-9(15)11-4-3-10(7-12(11)14)19-8-13(17)16-5-6-18-2/h3-4,7,9H,5-6,8,15H2,1-2H3,(H,16,17)/t9-/m1/s1. The average molecular weight is 270 g/mol. The Balaban J connectivity index is 2.45. The molecule has 0 unspecified atom stereocenters. The summed E-state index contributed by atoms with van der Waals surface area (Å²) in [4.78, 5) is 11.3. The molecule has 0 aliphatic rings. The van der Waals surface area contributed by atoms with Gasteiger partial charge in [-0.2, -0.15) is 0 Å². The van der Waals surface area contributed by atoms with Crippen molar-refractivity contribution < 1.29 is 18.7 Å². The summed E-state index contributed by atoms with van der Waals surface area (Å²) < 4.78 is 23.6. The number of methoxy groups -OCH3 is 1. The number of nitrogens with two attached hydrogens (primary N) is 1. The van der Waals surface area contributed by atoms with Gasteiger partial charge < -0.3 is 20.5 Å². The van der Waals surface area contributed by atoms with Crippen molar-refractivity contribution >= 4 is 5.91 Å². The Morgan fingerprint density at radius 2 is 2.26 bits per heavy atom. The molecule has 6 heteroatoms. The Hall–Kier alpha value is -1.66. The third-order valence-corrected chi connectivity index (χ3v) is 2.46. The number of carbonyl (C=O) groups excluding carboxylic acids is 1. The van der Waals surface area contributed by atoms with Crippen LogP contribution in [0.3, 0.4) is 0 Å². The summed E-state index contributed by atoms with van der Waals surface area (Å²) in [6.45, 7) is 2.38. The summed E-state index contributed by atoms with van der Waals surface area (Å²) >= 11 is 0. The quantitative estimate of drug-likeness (QED) is 0.725. The van der Waals surface area contributed by atoms with Gasteiger partial charge in [0.2, 0.25) is 0 Å². The molecule has 0 fully saturated rings. The molecule has 1 amide bonds. The first-order valence-electron chi connectivity index (χ1n) is 5.98. The lowest BCUT2D eigenvalue weighted by atomic mass is 10.1. The molecule has 0 aliphatic heterocycles. The summed E-state index contributed by atoms with van der Waals surface area (Å²) in [6, 6.07) is 3.98. The third kappa shape index (κ3) is 5.23. The molecule has 1 atom stereocenters. The van der Waals surface area contributed by atoms with E-state index in [0.29, 0.717) is 24.5 Å². The Labute approximate surface area is 111 Å². The highest BCUT2D eigenvalue weighted by molar-refractivity contribution is 5.77. The van der Waals surface area contributed by atoms with Gasteiger partial charge in [0, 0.05) is 31.3 Å². The number of ether oxygens (including phenoxy) is 2. The number of hydrogen-bond donors (Lipinski definition) is 2. The number of carbonyl (C=O) groups is 1. The molecule has 0 aromatic heterocycles. The van der Waals surface area contributed by atoms with Crippen molar-refractivity contribution in [3.05, 3.63) is 29.6 Å². The van der Waals surface area contributed by atoms with Gasteiger partial charge >= 0.3 is 0 Å². The molecule has 0 saturated heterocycles. The minimum absolute atomic E-state index is 0.166. The topological polar surface area (TPSA) is 73.6 Å². The van der Waals surface area contributed by atoms with E-state index >= 15 is 0 Å². The van der Waals surface area contributed by atoms with Crippen LogP contribution in [-0.2, 0) is 9.53 Å². The van der Waals surface area contributed by atoms with Gasteiger partial charge in [-0.1, -0.05) is 6.07 Å². The lowest BCUT2D eigenvalue weighted by molar-refractivity contribution is -0.123. The molecule has 106 valence electrons. The van der Waals surface area contributed by atoms with E-state index in [0.717, 1.165) is 0 Å². The van der Waals surface area contributed by atoms with Gasteiger partial charge in [-0.15, -0.1) is 0 Å². The van der Waals surface area contributed by atoms with E-state index in [1.165, 1.54) is 6.07 Å². The maximum atomic E-state index is 13.6. The van der Waals surface area contributed by atoms with Crippen LogP contribution in [0.2, 0.25) is 0 Å². The third-order valence-electron chi connectivity index (χ3n) is 2.46. The van der Waals surface area contributed by atoms with E-state index in [1.807, 2.05) is 0 Å². The van der Waals surface area contributed by atoms with Gasteiger partial charge in [0.15, 0.2) is 6.61 Å². The van der Waals surface area contributed by atoms with Crippen molar-refractivity contribution in [2.45, 2.75) is 13.0 Å². The lowest BCUT2D eigenvalue weighted by Crippen LogP contribution is -2.31. The van der Waals surface area contributed by atoms with Crippen LogP contribution in [0, 0.1) is 5.82 Å². The maximum Gasteiger partial charge on any atom is 0.258 e. The number of rotatable bonds is 7. The molecule has 0 spiro atoms. The van der Waals surface area contributed by atoms with E-state index in [-0.39, 0.29) is 18.6 Å². The fourth-order valence-electron chi connectivity index (χ4n) is 1.46. The molecule has 1 aromatic rings. The zero-order chi connectivity index (χ0) is 14.3. The van der Waals surface area contributed by atoms with Gasteiger partial charge in [-0.3, -0.25) is 4.79 Å². The van der Waals surface area contributed by atoms with Crippen molar-refractivity contribution in [3.8, 4) is 5.75 Å². The Kier molecular flexibility index (Phi) is 6.24. The SMILES string of the molecule is COCCNC(=O)COc1ccc([C@@H](C)N)c(F)c1. The zero-order valence-corrected chi connectivity index (χ0v) is 11.1. The molecular formula is C13H19FN2O3. The minimum atomic E-state index is -0.438. The van der Waals surface area contributed by atoms with Gasteiger partial charge in [-0.05, 0) is 13.0 Å². The van der Waals surface area contributed by atoms with Crippen LogP contribution in [0.4, 0.5) is 4.39 Å². The van der Waals surface area contributed by atoms with Crippen molar-refractivity contribution in [1.29, 1.82) is 0 Å². The highest BCUT2D eigenvalue weighted by Gasteiger charge is 2.09. The number of hydrogen-bond acceptors (Lipinski definition) is 4. The summed E-state index contributed by atoms with van der Waals surface area (Å²) in [5.74, 6) is -0.426. The molecule has 0 bridgehead atoms. The molecular weight excluding hydrogens is 251 g/mol. The number of benzene rings is 1. The molecule has 1 aromatic carbocycles. The second-order valence-electron chi connectivity index (χ2n) is 4.10. The second kappa shape index (κ2) is 7.70. The molecule has 0 heterocycles. The van der Waals surface area contributed by atoms with E-state index in [1.54, 1.807) is 26.2 Å². The largest absolute Gasteiger partial charge is 0.484 e. The Bertz CT molecular complexity index is 424. The van der Waals surface area contributed by atoms with Crippen molar-refractivity contribution in [3.63, 3.8) is 0 Å². The predicted molar refractivity (Wildman–Crippen MR) is 69.4 cm³/mol. The minimum Gasteiger partial charge on any atom is -0.484 e. The first-order valence-corrected chi connectivity index (χ1v) is 5.98. The Morgan fingerprint density at radius 3 is 2.84 bits per heavy atom. The van der Waals surface area contributed by atoms with E-state index < -0.39 is 5.82 Å². The maximum absolute atomic E-state index is 13.6. The van der Waals surface area contributed by atoms with E-state index in [2.05, 4.69) is 5.32 Å². The lowest BCUT2D eigenvalue weighted by Gasteiger charge is -2.10. The smallest absolute Gasteiger partial charge is 0.258 e. The molecule has 5 nitrogen and oxygen atoms in total. The highest BCUT2D eigenvalue weighted by atomic mass is 19.1. The van der Waals surface area contributed by atoms with Crippen LogP contribution in [0.15, 0.2) is 18.2 Å². The van der Waals surface area contributed by atoms with Crippen LogP contribution in [0.5, 0.6) is 5.75 Å². The van der Waals surface area contributed by atoms with Gasteiger partial charge in [0.1, 0.15) is 11.6 Å². The monoisotopic (exact) mass is 270 g/mol. The van der Waals surface area contributed by atoms with Gasteiger partial charge in [0.05, 0.1) is 6.61 Å². The molecule has 19 heavy (non-hydrogen) atoms. The van der Waals surface area contributed by atoms with Gasteiger partial charge in [-0.25, -0.2) is 4.39 Å². The number of nitrogens with one attached hydrogen (secondary N) is 1. The number of halogens is 1. The molecule has 0 aliphatic carbocycles. The molecule has 1 rings (SSSR count). The van der Waals surface area contributed by atoms with Crippen molar-refractivity contribution in [1.82, 2.24) is 5.32 Å². The zero-order valence-electron chi connectivity index (χ0n) is 11.1. The van der Waals surface area contributed by atoms with Crippen molar-refractivity contribution in [2.24, 2.45) is 5.73 Å². The van der Waals surface area contributed by atoms with Crippen LogP contribution in [0.1, 0.15) is 18.5 Å². The summed E-state index contributed by atoms with van der Waals surface area (Å²) in [5, 5.41) is 2.60. The fourth-order valence-corrected chi connectivity index (χ4v) is 1.46. The summed E-state index contributed by atoms with van der Waals surface area (Å²) in [6.07, 6.45) is 0. The van der Waals surface area contributed by atoms with E-state index in [4.69, 9.17) is 15.2 Å². The first-order chi connectivity index (χ1) is 9.04. The highest BCUT2D eigenvalue weighted by Crippen LogP contribution is 2.20. The van der Waals surface area contributed by atoms with Crippen molar-refractivity contribution in [2.75, 3.05) is 26.9 Å². The van der Waals surface area contributed by atoms with Crippen LogP contribution >= 0.6 is 0 Å². The van der Waals surface area contributed by atoms with Gasteiger partial charge in [0.25, 0.3) is 5.91 Å². The van der Waals surface area contributed by atoms with Crippen LogP contribution in [-0.4, -0.2) is 32.8 Å². The van der Waals surface area contributed by atoms with Crippen LogP contribution < -0.4 is 15.8 Å². The molecule has 3 N–H and O–H groups in total. The average Bonchev–Trinajstić information content (AvgIpc) is 2.36. The second-order valence-corrected chi connectivity index (χ2v) is 4.10. The number of amides is 1. The fraction of sp³-hybridized carbons (Fsp3) is 0.462. The molecule has 0 saturated carbocycles. The Morgan fingerprint density at radius 1 is 1.53 bits per heavy atom. The predicted octanol–water partition coefficient (Wildman–Crippen LogP) is 0.987.